The van der Waals surface area contributed by atoms with Crippen LogP contribution < -0.4 is 10.6 Å². The molecule has 0 aromatic carbocycles. The summed E-state index contributed by atoms with van der Waals surface area (Å²) in [6.45, 7) is 5.20. The van der Waals surface area contributed by atoms with E-state index in [1.54, 1.807) is 4.90 Å². The highest BCUT2D eigenvalue weighted by atomic mass is 19.3. The monoisotopic (exact) mass is 453 g/mol. The van der Waals surface area contributed by atoms with Crippen molar-refractivity contribution in [1.82, 2.24) is 15.5 Å². The molecule has 7 nitrogen and oxygen atoms in total. The lowest BCUT2D eigenvalue weighted by Gasteiger charge is -2.33. The zero-order valence-corrected chi connectivity index (χ0v) is 18.7. The van der Waals surface area contributed by atoms with Crippen molar-refractivity contribution >= 4 is 24.0 Å². The molecular weight excluding hydrogens is 420 g/mol. The molecule has 4 aliphatic rings. The molecule has 2 aliphatic carbocycles. The van der Waals surface area contributed by atoms with Gasteiger partial charge < -0.3 is 20.3 Å². The minimum Gasteiger partial charge on any atom is -0.356 e. The van der Waals surface area contributed by atoms with E-state index in [9.17, 15) is 28.0 Å². The topological polar surface area (TPSA) is 95.6 Å². The summed E-state index contributed by atoms with van der Waals surface area (Å²) in [6.07, 6.45) is 1.96. The molecular formula is C23H33F2N3O4. The van der Waals surface area contributed by atoms with E-state index in [4.69, 9.17) is 0 Å². The third-order valence-electron chi connectivity index (χ3n) is 8.29. The van der Waals surface area contributed by atoms with Crippen molar-refractivity contribution in [2.45, 2.75) is 76.8 Å². The fourth-order valence-electron chi connectivity index (χ4n) is 6.10. The molecule has 0 aromatic rings. The predicted octanol–water partition coefficient (Wildman–Crippen LogP) is 1.89. The average Bonchev–Trinajstić information content (AvgIpc) is 3.10. The smallest absolute Gasteiger partial charge is 0.248 e. The Morgan fingerprint density at radius 3 is 2.53 bits per heavy atom. The molecule has 178 valence electrons. The molecule has 0 bridgehead atoms. The second-order valence-corrected chi connectivity index (χ2v) is 10.7. The third-order valence-corrected chi connectivity index (χ3v) is 8.29. The van der Waals surface area contributed by atoms with Crippen LogP contribution in [0, 0.1) is 29.1 Å². The number of carbonyl (C=O) groups excluding carboxylic acids is 4. The van der Waals surface area contributed by atoms with Crippen LogP contribution in [-0.2, 0) is 19.2 Å². The molecule has 4 fully saturated rings. The summed E-state index contributed by atoms with van der Waals surface area (Å²) in [5, 5.41) is 5.50. The third kappa shape index (κ3) is 4.39. The van der Waals surface area contributed by atoms with E-state index in [-0.39, 0.29) is 72.5 Å². The molecule has 2 N–H and O–H groups in total. The number of alkyl halides is 2. The maximum absolute atomic E-state index is 13.4. The Kier molecular flexibility index (Phi) is 6.05. The van der Waals surface area contributed by atoms with Gasteiger partial charge in [-0.3, -0.25) is 14.4 Å². The highest BCUT2D eigenvalue weighted by Gasteiger charge is 2.69. The first-order valence-corrected chi connectivity index (χ1v) is 11.7. The van der Waals surface area contributed by atoms with Crippen molar-refractivity contribution in [3.05, 3.63) is 0 Å². The number of nitrogens with one attached hydrogen (secondary N) is 2. The number of rotatable bonds is 7. The lowest BCUT2D eigenvalue weighted by molar-refractivity contribution is -0.142. The molecule has 32 heavy (non-hydrogen) atoms. The Morgan fingerprint density at radius 2 is 1.94 bits per heavy atom. The van der Waals surface area contributed by atoms with E-state index in [0.29, 0.717) is 38.6 Å². The number of halogens is 2. The van der Waals surface area contributed by atoms with Gasteiger partial charge in [0.1, 0.15) is 12.3 Å². The van der Waals surface area contributed by atoms with Crippen LogP contribution in [0.15, 0.2) is 0 Å². The van der Waals surface area contributed by atoms with Crippen molar-refractivity contribution in [1.29, 1.82) is 0 Å². The van der Waals surface area contributed by atoms with Crippen molar-refractivity contribution in [3.63, 3.8) is 0 Å². The predicted molar refractivity (Wildman–Crippen MR) is 112 cm³/mol. The molecule has 0 radical (unpaired) electrons. The lowest BCUT2D eigenvalue weighted by atomic mass is 9.84. The van der Waals surface area contributed by atoms with E-state index >= 15 is 0 Å². The summed E-state index contributed by atoms with van der Waals surface area (Å²) in [5.41, 5.74) is -0.0618. The number of fused-ring (bicyclic) bond motifs is 1. The van der Waals surface area contributed by atoms with Gasteiger partial charge in [0.25, 0.3) is 0 Å². The molecule has 0 aromatic heterocycles. The van der Waals surface area contributed by atoms with Gasteiger partial charge in [-0.1, -0.05) is 13.8 Å². The van der Waals surface area contributed by atoms with Gasteiger partial charge in [-0.05, 0) is 48.9 Å². The van der Waals surface area contributed by atoms with Crippen molar-refractivity contribution < 1.29 is 28.0 Å². The maximum atomic E-state index is 13.4. The summed E-state index contributed by atoms with van der Waals surface area (Å²) in [6, 6.07) is -1.44. The van der Waals surface area contributed by atoms with Gasteiger partial charge in [0.15, 0.2) is 0 Å². The van der Waals surface area contributed by atoms with Crippen LogP contribution in [0.25, 0.3) is 0 Å². The largest absolute Gasteiger partial charge is 0.356 e. The number of nitrogens with zero attached hydrogens (tertiary/aromatic N) is 1. The Hall–Kier alpha value is -2.06. The SMILES string of the molecule is CC1(C)[C@@H]2[C@@H](C(=O)N[C@H](C=O)C[C@@H]3CCNC3=O)N(C(=O)CC3CCC(F)(F)CC3)C[C@@H]21. The summed E-state index contributed by atoms with van der Waals surface area (Å²) in [4.78, 5) is 51.4. The number of hydrogen-bond acceptors (Lipinski definition) is 4. The van der Waals surface area contributed by atoms with Crippen LogP contribution in [0.2, 0.25) is 0 Å². The van der Waals surface area contributed by atoms with Gasteiger partial charge in [0, 0.05) is 38.3 Å². The Balaban J connectivity index is 1.40. The molecule has 4 rings (SSSR count). The molecule has 9 heteroatoms. The van der Waals surface area contributed by atoms with E-state index < -0.39 is 18.0 Å². The number of carbonyl (C=O) groups is 4. The quantitative estimate of drug-likeness (QED) is 0.576. The van der Waals surface area contributed by atoms with E-state index in [1.165, 1.54) is 0 Å². The molecule has 2 heterocycles. The highest BCUT2D eigenvalue weighted by molar-refractivity contribution is 5.91. The first-order valence-electron chi connectivity index (χ1n) is 11.7. The number of piperidine rings is 1. The van der Waals surface area contributed by atoms with Gasteiger partial charge in [0.05, 0.1) is 6.04 Å². The van der Waals surface area contributed by atoms with Crippen LogP contribution in [-0.4, -0.2) is 60.0 Å². The summed E-state index contributed by atoms with van der Waals surface area (Å²) in [5.74, 6) is -3.42. The number of hydrogen-bond donors (Lipinski definition) is 2. The van der Waals surface area contributed by atoms with Crippen molar-refractivity contribution in [2.24, 2.45) is 29.1 Å². The van der Waals surface area contributed by atoms with Crippen molar-refractivity contribution in [3.8, 4) is 0 Å². The van der Waals surface area contributed by atoms with Gasteiger partial charge in [-0.2, -0.15) is 0 Å². The Bertz CT molecular complexity index is 792. The maximum Gasteiger partial charge on any atom is 0.248 e. The standard InChI is InChI=1S/C23H33F2N3O4/c1-22(2)16-11-28(17(30)9-13-3-6-23(24,25)7-4-13)19(18(16)22)21(32)27-15(12-29)10-14-5-8-26-20(14)31/h12-16,18-19H,3-11H2,1-2H3,(H,26,31)(H,27,32)/t14-,15-,16-,18-,19-/m0/s1. The van der Waals surface area contributed by atoms with Crippen molar-refractivity contribution in [2.75, 3.05) is 13.1 Å². The van der Waals surface area contributed by atoms with E-state index in [2.05, 4.69) is 24.5 Å². The fraction of sp³-hybridized carbons (Fsp3) is 0.826. The normalized spacial score (nSPS) is 33.9. The minimum absolute atomic E-state index is 0.0178. The van der Waals surface area contributed by atoms with Crippen LogP contribution in [0.5, 0.6) is 0 Å². The number of aldehydes is 1. The minimum atomic E-state index is -2.64. The van der Waals surface area contributed by atoms with Crippen LogP contribution >= 0.6 is 0 Å². The van der Waals surface area contributed by atoms with Crippen LogP contribution in [0.1, 0.15) is 58.8 Å². The van der Waals surface area contributed by atoms with Gasteiger partial charge >= 0.3 is 0 Å². The van der Waals surface area contributed by atoms with Crippen LogP contribution in [0.4, 0.5) is 8.78 Å². The summed E-state index contributed by atoms with van der Waals surface area (Å²) in [7, 11) is 0. The second-order valence-electron chi connectivity index (χ2n) is 10.7. The summed E-state index contributed by atoms with van der Waals surface area (Å²) < 4.78 is 26.9. The molecule has 5 atom stereocenters. The Morgan fingerprint density at radius 1 is 1.25 bits per heavy atom. The average molecular weight is 454 g/mol. The zero-order valence-electron chi connectivity index (χ0n) is 18.7. The van der Waals surface area contributed by atoms with Gasteiger partial charge in [0.2, 0.25) is 23.6 Å². The molecule has 2 saturated carbocycles. The summed E-state index contributed by atoms with van der Waals surface area (Å²) >= 11 is 0. The molecule has 0 spiro atoms. The first kappa shape index (κ1) is 23.1. The molecule has 2 saturated heterocycles. The Labute approximate surface area is 187 Å². The highest BCUT2D eigenvalue weighted by Crippen LogP contribution is 2.65. The lowest BCUT2D eigenvalue weighted by Crippen LogP contribution is -2.53. The second kappa shape index (κ2) is 8.37. The molecule has 2 aliphatic heterocycles. The first-order chi connectivity index (χ1) is 15.0. The molecule has 3 amide bonds. The number of amides is 3. The van der Waals surface area contributed by atoms with E-state index in [0.717, 1.165) is 0 Å². The van der Waals surface area contributed by atoms with E-state index in [1.807, 2.05) is 0 Å². The van der Waals surface area contributed by atoms with Gasteiger partial charge in [-0.25, -0.2) is 8.78 Å². The molecule has 0 unspecified atom stereocenters. The van der Waals surface area contributed by atoms with Gasteiger partial charge in [-0.15, -0.1) is 0 Å². The number of likely N-dealkylation sites (tertiary alicyclic amines) is 1. The zero-order chi connectivity index (χ0) is 23.3. The fourth-order valence-corrected chi connectivity index (χ4v) is 6.10. The van der Waals surface area contributed by atoms with Crippen LogP contribution in [0.3, 0.4) is 0 Å².